The molecule has 0 aliphatic rings. The van der Waals surface area contributed by atoms with Crippen LogP contribution in [0.15, 0.2) is 42.5 Å². The number of nitrogens with zero attached hydrogens (tertiary/aromatic N) is 3. The minimum absolute atomic E-state index is 0.0397. The molecule has 8 heteroatoms. The number of anilines is 2. The average Bonchev–Trinajstić information content (AvgIpc) is 2.95. The third kappa shape index (κ3) is 4.37. The first-order valence-electron chi connectivity index (χ1n) is 8.34. The van der Waals surface area contributed by atoms with Crippen molar-refractivity contribution >= 4 is 41.1 Å². The Morgan fingerprint density at radius 3 is 2.78 bits per heavy atom. The molecule has 1 heterocycles. The average molecular weight is 402 g/mol. The van der Waals surface area contributed by atoms with Crippen LogP contribution in [0, 0.1) is 11.7 Å². The summed E-state index contributed by atoms with van der Waals surface area (Å²) in [4.78, 5) is 14.6. The van der Waals surface area contributed by atoms with Gasteiger partial charge in [-0.05, 0) is 43.4 Å². The van der Waals surface area contributed by atoms with Crippen LogP contribution in [0.4, 0.5) is 11.4 Å². The second-order valence-corrected chi connectivity index (χ2v) is 7.24. The van der Waals surface area contributed by atoms with Gasteiger partial charge in [0.05, 0.1) is 11.4 Å². The zero-order valence-electron chi connectivity index (χ0n) is 15.3. The van der Waals surface area contributed by atoms with Crippen molar-refractivity contribution in [3.05, 3.63) is 57.8 Å². The zero-order chi connectivity index (χ0) is 19.6. The fraction of sp³-hybridized carbons (Fsp3) is 0.211. The highest BCUT2D eigenvalue weighted by Gasteiger charge is 2.14. The van der Waals surface area contributed by atoms with Gasteiger partial charge >= 0.3 is 0 Å². The first-order chi connectivity index (χ1) is 12.8. The van der Waals surface area contributed by atoms with Crippen LogP contribution in [-0.2, 0) is 11.3 Å². The van der Waals surface area contributed by atoms with Crippen LogP contribution < -0.4 is 10.2 Å². The number of H-pyrrole nitrogens is 1. The van der Waals surface area contributed by atoms with E-state index in [1.165, 1.54) is 0 Å². The molecule has 27 heavy (non-hydrogen) atoms. The molecular formula is C19H20ClN5OS. The van der Waals surface area contributed by atoms with E-state index in [0.717, 1.165) is 16.8 Å². The van der Waals surface area contributed by atoms with Gasteiger partial charge in [-0.1, -0.05) is 35.4 Å². The molecule has 0 aliphatic heterocycles. The summed E-state index contributed by atoms with van der Waals surface area (Å²) in [5.74, 6) is 0.407. The minimum Gasteiger partial charge on any atom is -0.376 e. The van der Waals surface area contributed by atoms with E-state index >= 15 is 0 Å². The van der Waals surface area contributed by atoms with E-state index in [-0.39, 0.29) is 12.5 Å². The number of amides is 1. The summed E-state index contributed by atoms with van der Waals surface area (Å²) in [5, 5.41) is 10.5. The van der Waals surface area contributed by atoms with E-state index < -0.39 is 0 Å². The maximum absolute atomic E-state index is 12.7. The third-order valence-corrected chi connectivity index (χ3v) is 4.60. The summed E-state index contributed by atoms with van der Waals surface area (Å²) < 4.78 is 2.07. The van der Waals surface area contributed by atoms with Gasteiger partial charge in [0.2, 0.25) is 5.91 Å². The van der Waals surface area contributed by atoms with Crippen molar-refractivity contribution in [1.29, 1.82) is 0 Å². The largest absolute Gasteiger partial charge is 0.376 e. The summed E-state index contributed by atoms with van der Waals surface area (Å²) in [6.07, 6.45) is 0. The molecule has 3 aromatic rings. The molecule has 2 aromatic carbocycles. The van der Waals surface area contributed by atoms with Crippen LogP contribution in [0.3, 0.4) is 0 Å². The molecule has 1 amide bonds. The van der Waals surface area contributed by atoms with Crippen LogP contribution >= 0.6 is 23.8 Å². The maximum Gasteiger partial charge on any atom is 0.244 e. The molecular weight excluding hydrogens is 382 g/mol. The lowest BCUT2D eigenvalue weighted by molar-refractivity contribution is -0.116. The molecule has 0 bridgehead atoms. The Kier molecular flexibility index (Phi) is 5.62. The van der Waals surface area contributed by atoms with E-state index in [4.69, 9.17) is 23.8 Å². The van der Waals surface area contributed by atoms with Crippen molar-refractivity contribution in [3.63, 3.8) is 0 Å². The molecule has 0 radical (unpaired) electrons. The van der Waals surface area contributed by atoms with Gasteiger partial charge in [0.1, 0.15) is 6.54 Å². The molecule has 3 rings (SSSR count). The Hall–Kier alpha value is -2.64. The fourth-order valence-electron chi connectivity index (χ4n) is 2.80. The minimum atomic E-state index is -0.216. The number of carbonyl (C=O) groups is 1. The van der Waals surface area contributed by atoms with Gasteiger partial charge in [0.25, 0.3) is 0 Å². The van der Waals surface area contributed by atoms with Gasteiger partial charge in [0, 0.05) is 24.7 Å². The molecule has 0 spiro atoms. The number of hydrogen-bond acceptors (Lipinski definition) is 4. The number of carbonyl (C=O) groups excluding carboxylic acids is 1. The van der Waals surface area contributed by atoms with Crippen LogP contribution in [0.25, 0.3) is 11.4 Å². The normalized spacial score (nSPS) is 10.7. The Labute approximate surface area is 167 Å². The van der Waals surface area contributed by atoms with Gasteiger partial charge in [-0.25, -0.2) is 0 Å². The van der Waals surface area contributed by atoms with Crippen molar-refractivity contribution in [2.24, 2.45) is 0 Å². The van der Waals surface area contributed by atoms with Crippen molar-refractivity contribution < 1.29 is 4.79 Å². The van der Waals surface area contributed by atoms with Gasteiger partial charge in [-0.2, -0.15) is 5.10 Å². The summed E-state index contributed by atoms with van der Waals surface area (Å²) in [6, 6.07) is 13.3. The second kappa shape index (κ2) is 7.94. The van der Waals surface area contributed by atoms with Crippen molar-refractivity contribution in [1.82, 2.24) is 14.8 Å². The van der Waals surface area contributed by atoms with Crippen molar-refractivity contribution in [3.8, 4) is 11.4 Å². The molecule has 2 N–H and O–H groups in total. The highest BCUT2D eigenvalue weighted by molar-refractivity contribution is 7.71. The molecule has 1 aromatic heterocycles. The predicted molar refractivity (Wildman–Crippen MR) is 112 cm³/mol. The highest BCUT2D eigenvalue weighted by atomic mass is 35.5. The van der Waals surface area contributed by atoms with Gasteiger partial charge < -0.3 is 10.2 Å². The topological polar surface area (TPSA) is 66.0 Å². The number of benzene rings is 2. The van der Waals surface area contributed by atoms with Gasteiger partial charge in [-0.15, -0.1) is 0 Å². The number of aromatic amines is 1. The number of rotatable bonds is 5. The first kappa shape index (κ1) is 19.1. The van der Waals surface area contributed by atoms with E-state index in [0.29, 0.717) is 21.3 Å². The molecule has 6 nitrogen and oxygen atoms in total. The summed E-state index contributed by atoms with van der Waals surface area (Å²) in [7, 11) is 3.81. The smallest absolute Gasteiger partial charge is 0.244 e. The SMILES string of the molecule is Cc1cccc(-c2n[nH]c(=S)n2CC(=O)Nc2cc(Cl)ccc2N(C)C)c1. The molecule has 0 saturated heterocycles. The molecule has 0 atom stereocenters. The van der Waals surface area contributed by atoms with Gasteiger partial charge in [0.15, 0.2) is 10.6 Å². The van der Waals surface area contributed by atoms with Crippen LogP contribution in [0.2, 0.25) is 5.02 Å². The lowest BCUT2D eigenvalue weighted by atomic mass is 10.1. The second-order valence-electron chi connectivity index (χ2n) is 6.41. The lowest BCUT2D eigenvalue weighted by Crippen LogP contribution is -2.21. The van der Waals surface area contributed by atoms with Crippen LogP contribution in [0.5, 0.6) is 0 Å². The number of aromatic nitrogens is 3. The van der Waals surface area contributed by atoms with E-state index in [1.807, 2.05) is 56.3 Å². The van der Waals surface area contributed by atoms with Crippen LogP contribution in [0.1, 0.15) is 5.56 Å². The number of hydrogen-bond donors (Lipinski definition) is 2. The van der Waals surface area contributed by atoms with Crippen molar-refractivity contribution in [2.45, 2.75) is 13.5 Å². The molecule has 0 unspecified atom stereocenters. The van der Waals surface area contributed by atoms with E-state index in [1.54, 1.807) is 16.7 Å². The maximum atomic E-state index is 12.7. The quantitative estimate of drug-likeness (QED) is 0.626. The monoisotopic (exact) mass is 401 g/mol. The third-order valence-electron chi connectivity index (χ3n) is 4.05. The fourth-order valence-corrected chi connectivity index (χ4v) is 3.17. The zero-order valence-corrected chi connectivity index (χ0v) is 16.9. The Balaban J connectivity index is 1.87. The Bertz CT molecular complexity index is 1040. The van der Waals surface area contributed by atoms with Gasteiger partial charge in [-0.3, -0.25) is 14.5 Å². The summed E-state index contributed by atoms with van der Waals surface area (Å²) in [5.41, 5.74) is 3.51. The molecule has 140 valence electrons. The highest BCUT2D eigenvalue weighted by Crippen LogP contribution is 2.28. The number of aryl methyl sites for hydroxylation is 1. The molecule has 0 fully saturated rings. The Morgan fingerprint density at radius 1 is 1.30 bits per heavy atom. The number of nitrogens with one attached hydrogen (secondary N) is 2. The summed E-state index contributed by atoms with van der Waals surface area (Å²) in [6.45, 7) is 2.04. The summed E-state index contributed by atoms with van der Waals surface area (Å²) >= 11 is 11.4. The predicted octanol–water partition coefficient (Wildman–Crippen LogP) is 4.27. The number of halogens is 1. The molecule has 0 saturated carbocycles. The lowest BCUT2D eigenvalue weighted by Gasteiger charge is -2.18. The van der Waals surface area contributed by atoms with E-state index in [2.05, 4.69) is 15.5 Å². The van der Waals surface area contributed by atoms with Crippen molar-refractivity contribution in [2.75, 3.05) is 24.3 Å². The van der Waals surface area contributed by atoms with E-state index in [9.17, 15) is 4.79 Å². The standard InChI is InChI=1S/C19H20ClN5OS/c1-12-5-4-6-13(9-12)18-22-23-19(27)25(18)11-17(26)21-15-10-14(20)7-8-16(15)24(2)3/h4-10H,11H2,1-3H3,(H,21,26)(H,23,27). The molecule has 0 aliphatic carbocycles. The Morgan fingerprint density at radius 2 is 2.07 bits per heavy atom. The van der Waals surface area contributed by atoms with Crippen LogP contribution in [-0.4, -0.2) is 34.8 Å². The first-order valence-corrected chi connectivity index (χ1v) is 9.13.